The number of esters is 3. The molecule has 0 saturated carbocycles. The smallest absolute Gasteiger partial charge is 0.416 e. The van der Waals surface area contributed by atoms with Gasteiger partial charge in [0.2, 0.25) is 0 Å². The topological polar surface area (TPSA) is 272 Å². The Kier molecular flexibility index (Phi) is 24.8. The van der Waals surface area contributed by atoms with Gasteiger partial charge in [0.1, 0.15) is 16.7 Å². The van der Waals surface area contributed by atoms with Gasteiger partial charge in [-0.2, -0.15) is 13.2 Å². The van der Waals surface area contributed by atoms with Crippen LogP contribution in [-0.2, 0) is 46.4 Å². The number of furan rings is 3. The molecular formula is C87H82F3N9O16. The van der Waals surface area contributed by atoms with Crippen molar-refractivity contribution in [3.8, 4) is 0 Å². The first kappa shape index (κ1) is 79.6. The van der Waals surface area contributed by atoms with E-state index in [4.69, 9.17) is 27.5 Å². The highest BCUT2D eigenvalue weighted by Gasteiger charge is 2.36. The van der Waals surface area contributed by atoms with Crippen molar-refractivity contribution in [2.24, 2.45) is 0 Å². The molecule has 0 N–H and O–H groups in total. The van der Waals surface area contributed by atoms with Gasteiger partial charge in [-0.25, -0.2) is 14.4 Å². The van der Waals surface area contributed by atoms with Gasteiger partial charge < -0.3 is 66.0 Å². The van der Waals surface area contributed by atoms with E-state index in [1.165, 1.54) is 40.1 Å². The average molecular weight is 1570 g/mol. The fourth-order valence-corrected chi connectivity index (χ4v) is 14.6. The maximum absolute atomic E-state index is 13.9. The summed E-state index contributed by atoms with van der Waals surface area (Å²) < 4.78 is 75.3. The van der Waals surface area contributed by atoms with E-state index in [0.29, 0.717) is 147 Å². The van der Waals surface area contributed by atoms with Crippen LogP contribution in [0, 0.1) is 0 Å². The lowest BCUT2D eigenvalue weighted by Gasteiger charge is -2.37. The number of amides is 3. The standard InChI is InChI=1S/C29H26F3N3O5.C29H27N3O6.C29H29N3O5/c1-2-39-28(38)24-25(33-13-15-34(16-14-33)26(36)23-8-5-17-40-23)21-6-3-4-7-22(21)35(27(24)37)18-19-9-11-20(12-10-19)29(30,31)32;1-2-37-29(36)25-26(30-14-16-31(17-15-30)27(34)24-13-8-18-38-24)21-11-6-7-12-22(21)32(28(25)35)19-23(33)20-9-4-3-5-10-20;1-2-36-29(35)25-26(30-16-18-31(19-17-30)27(33)24-13-8-20-37-24)22-11-6-7-12-23(22)32(28(25)34)15-14-21-9-4-3-5-10-21/h3-12,17H,2,13-16,18H2,1H3;3-13,18H,2,14-17,19H2,1H3;3-13,20H,2,14-19H2,1H3. The Balaban J connectivity index is 0.000000150. The molecule has 592 valence electrons. The number of anilines is 3. The number of hydrogen-bond donors (Lipinski definition) is 0. The van der Waals surface area contributed by atoms with E-state index in [9.17, 15) is 61.1 Å². The van der Waals surface area contributed by atoms with Crippen molar-refractivity contribution < 1.29 is 74.2 Å². The van der Waals surface area contributed by atoms with Crippen LogP contribution in [0.3, 0.4) is 0 Å². The summed E-state index contributed by atoms with van der Waals surface area (Å²) in [6.07, 6.45) is 0.543. The van der Waals surface area contributed by atoms with Crippen LogP contribution in [-0.4, -0.2) is 168 Å². The Morgan fingerprint density at radius 1 is 0.374 bits per heavy atom. The summed E-state index contributed by atoms with van der Waals surface area (Å²) in [5.74, 6) is -2.23. The second-order valence-corrected chi connectivity index (χ2v) is 27.1. The summed E-state index contributed by atoms with van der Waals surface area (Å²) >= 11 is 0. The third kappa shape index (κ3) is 17.4. The van der Waals surface area contributed by atoms with Crippen molar-refractivity contribution in [1.29, 1.82) is 0 Å². The number of ketones is 1. The van der Waals surface area contributed by atoms with Gasteiger partial charge in [0, 0.05) is 107 Å². The molecule has 3 fully saturated rings. The zero-order chi connectivity index (χ0) is 80.9. The van der Waals surface area contributed by atoms with Crippen molar-refractivity contribution in [1.82, 2.24) is 28.4 Å². The number of carbonyl (C=O) groups excluding carboxylic acids is 7. The number of piperazine rings is 3. The summed E-state index contributed by atoms with van der Waals surface area (Å²) in [6, 6.07) is 55.0. The van der Waals surface area contributed by atoms with Crippen molar-refractivity contribution in [2.45, 2.75) is 53.0 Å². The van der Waals surface area contributed by atoms with Crippen LogP contribution >= 0.6 is 0 Å². The molecule has 3 amide bonds. The first-order valence-corrected chi connectivity index (χ1v) is 37.8. The predicted octanol–water partition coefficient (Wildman–Crippen LogP) is 12.4. The molecule has 28 heteroatoms. The molecule has 0 atom stereocenters. The minimum atomic E-state index is -4.48. The number of alkyl halides is 3. The van der Waals surface area contributed by atoms with Crippen LogP contribution in [0.5, 0.6) is 0 Å². The quantitative estimate of drug-likeness (QED) is 0.0389. The largest absolute Gasteiger partial charge is 0.462 e. The van der Waals surface area contributed by atoms with Crippen molar-refractivity contribution >= 4 is 91.2 Å². The number of pyridine rings is 3. The van der Waals surface area contributed by atoms with Gasteiger partial charge in [0.15, 0.2) is 23.1 Å². The molecule has 3 saturated heterocycles. The van der Waals surface area contributed by atoms with Crippen LogP contribution in [0.4, 0.5) is 30.2 Å². The maximum Gasteiger partial charge on any atom is 0.416 e. The minimum absolute atomic E-state index is 0.0411. The van der Waals surface area contributed by atoms with Gasteiger partial charge in [-0.3, -0.25) is 38.1 Å². The lowest BCUT2D eigenvalue weighted by atomic mass is 10.0. The summed E-state index contributed by atoms with van der Waals surface area (Å²) in [5.41, 5.74) is 2.73. The van der Waals surface area contributed by atoms with E-state index in [1.807, 2.05) is 87.5 Å². The number of hydrogen-bond acceptors (Lipinski definition) is 19. The van der Waals surface area contributed by atoms with Gasteiger partial charge in [-0.1, -0.05) is 127 Å². The zero-order valence-electron chi connectivity index (χ0n) is 63.3. The second-order valence-electron chi connectivity index (χ2n) is 27.1. The van der Waals surface area contributed by atoms with Gasteiger partial charge in [0.05, 0.1) is 90.9 Å². The molecule has 0 aliphatic carbocycles. The molecular weight excluding hydrogens is 1480 g/mol. The minimum Gasteiger partial charge on any atom is -0.462 e. The molecule has 9 heterocycles. The van der Waals surface area contributed by atoms with Crippen LogP contribution < -0.4 is 31.4 Å². The molecule has 25 nitrogen and oxygen atoms in total. The summed E-state index contributed by atoms with van der Waals surface area (Å²) in [5, 5.41) is 2.08. The van der Waals surface area contributed by atoms with E-state index in [2.05, 4.69) is 0 Å². The SMILES string of the molecule is CCOC(=O)c1c(N2CCN(C(=O)c3ccco3)CC2)c2ccccc2n(CC(=O)c2ccccc2)c1=O.CCOC(=O)c1c(N2CCN(C(=O)c3ccco3)CC2)c2ccccc2n(CCc2ccccc2)c1=O.CCOC(=O)c1c(N2CCN(C(=O)c3ccco3)CC2)c2ccccc2n(Cc2ccc(C(F)(F)F)cc2)c1=O. The Labute approximate surface area is 657 Å². The van der Waals surface area contributed by atoms with Crippen LogP contribution in [0.15, 0.2) is 241 Å². The maximum atomic E-state index is 13.9. The Morgan fingerprint density at radius 2 is 0.713 bits per heavy atom. The van der Waals surface area contributed by atoms with Crippen molar-refractivity contribution in [2.75, 3.05) is 113 Å². The van der Waals surface area contributed by atoms with E-state index in [0.717, 1.165) is 28.6 Å². The van der Waals surface area contributed by atoms with Crippen molar-refractivity contribution in [3.05, 3.63) is 300 Å². The van der Waals surface area contributed by atoms with Crippen molar-refractivity contribution in [3.63, 3.8) is 0 Å². The van der Waals surface area contributed by atoms with Crippen LogP contribution in [0.2, 0.25) is 0 Å². The molecule has 6 aromatic carbocycles. The normalized spacial score (nSPS) is 13.7. The van der Waals surface area contributed by atoms with Crippen LogP contribution in [0.1, 0.15) is 111 Å². The number of benzene rings is 6. The summed E-state index contributed by atoms with van der Waals surface area (Å²) in [4.78, 5) is 143. The number of rotatable bonds is 20. The fourth-order valence-electron chi connectivity index (χ4n) is 14.6. The molecule has 115 heavy (non-hydrogen) atoms. The first-order valence-electron chi connectivity index (χ1n) is 37.8. The second kappa shape index (κ2) is 35.9. The molecule has 0 unspecified atom stereocenters. The Bertz CT molecular complexity index is 5690. The first-order chi connectivity index (χ1) is 55.8. The highest BCUT2D eigenvalue weighted by Crippen LogP contribution is 2.36. The third-order valence-electron chi connectivity index (χ3n) is 20.2. The van der Waals surface area contributed by atoms with Gasteiger partial charge in [-0.15, -0.1) is 0 Å². The van der Waals surface area contributed by atoms with Gasteiger partial charge >= 0.3 is 24.1 Å². The van der Waals surface area contributed by atoms with E-state index < -0.39 is 40.8 Å². The van der Waals surface area contributed by atoms with E-state index in [-0.39, 0.29) is 90.2 Å². The number of ether oxygens (including phenoxy) is 3. The number of fused-ring (bicyclic) bond motifs is 3. The third-order valence-corrected chi connectivity index (χ3v) is 20.2. The number of halogens is 3. The molecule has 3 aliphatic rings. The fraction of sp³-hybridized carbons (Fsp3) is 0.264. The average Bonchev–Trinajstić information content (AvgIpc) is 0.944. The Morgan fingerprint density at radius 3 is 1.08 bits per heavy atom. The highest BCUT2D eigenvalue weighted by atomic mass is 19.4. The number of carbonyl (C=O) groups is 7. The molecule has 0 spiro atoms. The van der Waals surface area contributed by atoms with Gasteiger partial charge in [-0.05, 0) is 105 Å². The molecule has 0 bridgehead atoms. The summed E-state index contributed by atoms with van der Waals surface area (Å²) in [6.45, 7) is 10.3. The number of aryl methyl sites for hydroxylation is 2. The highest BCUT2D eigenvalue weighted by molar-refractivity contribution is 6.09. The summed E-state index contributed by atoms with van der Waals surface area (Å²) in [7, 11) is 0. The molecule has 12 aromatic rings. The molecule has 15 rings (SSSR count). The van der Waals surface area contributed by atoms with E-state index >= 15 is 0 Å². The Hall–Kier alpha value is -13.5. The number of nitrogens with zero attached hydrogens (tertiary/aromatic N) is 9. The predicted molar refractivity (Wildman–Crippen MR) is 424 cm³/mol. The lowest BCUT2D eigenvalue weighted by molar-refractivity contribution is -0.137. The van der Waals surface area contributed by atoms with E-state index in [1.54, 1.807) is 137 Å². The number of para-hydroxylation sites is 3. The zero-order valence-corrected chi connectivity index (χ0v) is 63.3. The molecule has 3 aliphatic heterocycles. The number of Topliss-reactive ketones (excluding diaryl/α,β-unsaturated/α-hetero) is 1. The lowest BCUT2D eigenvalue weighted by Crippen LogP contribution is -2.49. The monoisotopic (exact) mass is 1570 g/mol. The van der Waals surface area contributed by atoms with Gasteiger partial charge in [0.25, 0.3) is 34.4 Å². The molecule has 0 radical (unpaired) electrons. The number of aromatic nitrogens is 3. The van der Waals surface area contributed by atoms with Crippen LogP contribution in [0.25, 0.3) is 32.7 Å². The molecule has 6 aromatic heterocycles.